The van der Waals surface area contributed by atoms with E-state index in [4.69, 9.17) is 44.0 Å². The van der Waals surface area contributed by atoms with Crippen LogP contribution in [0.15, 0.2) is 84.9 Å². The van der Waals surface area contributed by atoms with E-state index < -0.39 is 254 Å². The summed E-state index contributed by atoms with van der Waals surface area (Å²) in [4.78, 5) is 260. The van der Waals surface area contributed by atoms with E-state index in [1.165, 1.54) is 24.3 Å². The maximum absolute atomic E-state index is 14.8. The molecule has 2 fully saturated rings. The number of hydrogen-bond donors (Lipinski definition) is 24. The average molecular weight is 1850 g/mol. The Morgan fingerprint density at radius 1 is 0.443 bits per heavy atom. The molecule has 0 saturated carbocycles. The number of phenols is 1. The topological polar surface area (TPSA) is 751 Å². The van der Waals surface area contributed by atoms with Gasteiger partial charge in [0.2, 0.25) is 88.6 Å². The number of guanidine groups is 1. The summed E-state index contributed by atoms with van der Waals surface area (Å²) in [5.41, 5.74) is 29.8. The van der Waals surface area contributed by atoms with Crippen molar-refractivity contribution in [3.05, 3.63) is 102 Å². The number of rotatable bonds is 53. The van der Waals surface area contributed by atoms with Crippen LogP contribution in [0, 0.1) is 17.2 Å². The Morgan fingerprint density at radius 2 is 0.802 bits per heavy atom. The number of phenolic OH excluding ortho intramolecular Hbond substituents is 1. The number of nitrogens with two attached hydrogens (primary N) is 5. The molecular weight excluding hydrogens is 1730 g/mol. The second kappa shape index (κ2) is 54.6. The molecule has 45 nitrogen and oxygen atoms in total. The van der Waals surface area contributed by atoms with Crippen LogP contribution in [-0.2, 0) is 110 Å². The Balaban J connectivity index is 0.00000491. The van der Waals surface area contributed by atoms with Crippen molar-refractivity contribution in [2.45, 2.75) is 240 Å². The molecule has 0 aromatic heterocycles. The Labute approximate surface area is 750 Å². The number of unbranched alkanes of at least 4 members (excludes halogenated alkanes) is 1. The minimum atomic E-state index is -5.08. The number of halogens is 3. The van der Waals surface area contributed by atoms with Crippen LogP contribution in [0.1, 0.15) is 147 Å². The van der Waals surface area contributed by atoms with E-state index in [0.29, 0.717) is 11.1 Å². The molecule has 5 rings (SSSR count). The summed E-state index contributed by atoms with van der Waals surface area (Å²) in [5.74, 6) is -24.6. The van der Waals surface area contributed by atoms with Gasteiger partial charge in [0.1, 0.15) is 90.3 Å². The van der Waals surface area contributed by atoms with Gasteiger partial charge in [-0.25, -0.2) is 9.59 Å². The minimum Gasteiger partial charge on any atom is -0.508 e. The molecule has 48 heteroatoms. The number of nitrogens with zero attached hydrogens (tertiary/aromatic N) is 2. The van der Waals surface area contributed by atoms with Crippen LogP contribution < -0.4 is 92.5 Å². The minimum absolute atomic E-state index is 0.00542. The molecule has 15 amide bonds. The number of benzene rings is 3. The number of amides is 15. The molecular formula is C83H119F3N20O25. The lowest BCUT2D eigenvalue weighted by Crippen LogP contribution is -2.61. The van der Waals surface area contributed by atoms with Crippen LogP contribution in [0.25, 0.3) is 0 Å². The molecule has 2 saturated heterocycles. The summed E-state index contributed by atoms with van der Waals surface area (Å²) < 4.78 is 31.7. The number of likely N-dealkylation sites (tertiary alicyclic amines) is 2. The fourth-order valence-corrected chi connectivity index (χ4v) is 14.0. The van der Waals surface area contributed by atoms with Gasteiger partial charge in [-0.2, -0.15) is 13.2 Å². The zero-order valence-corrected chi connectivity index (χ0v) is 72.6. The van der Waals surface area contributed by atoms with Crippen LogP contribution in [0.2, 0.25) is 0 Å². The number of carbonyl (C=O) groups excluding carboxylic acids is 15. The summed E-state index contributed by atoms with van der Waals surface area (Å²) in [6.07, 6.45) is -10.4. The number of hydrogen-bond acceptors (Lipinski definition) is 24. The van der Waals surface area contributed by atoms with Gasteiger partial charge in [-0.3, -0.25) is 86.9 Å². The van der Waals surface area contributed by atoms with Crippen LogP contribution >= 0.6 is 0 Å². The quantitative estimate of drug-likeness (QED) is 0.0144. The lowest BCUT2D eigenvalue weighted by Gasteiger charge is -2.31. The third-order valence-corrected chi connectivity index (χ3v) is 20.5. The van der Waals surface area contributed by atoms with Gasteiger partial charge in [-0.1, -0.05) is 100 Å². The fraction of sp³-hybridized carbons (Fsp3) is 0.542. The molecule has 3 aromatic rings. The van der Waals surface area contributed by atoms with Crippen LogP contribution in [0.3, 0.4) is 0 Å². The lowest BCUT2D eigenvalue weighted by atomic mass is 9.98. The third kappa shape index (κ3) is 39.1. The second-order valence-electron chi connectivity index (χ2n) is 32.1. The molecule has 0 aliphatic carbocycles. The van der Waals surface area contributed by atoms with Gasteiger partial charge >= 0.3 is 30.1 Å². The first kappa shape index (κ1) is 110. The number of alkyl halides is 3. The molecule has 0 radical (unpaired) electrons. The normalized spacial score (nSPS) is 16.2. The predicted molar refractivity (Wildman–Crippen MR) is 457 cm³/mol. The van der Waals surface area contributed by atoms with Gasteiger partial charge in [-0.15, -0.1) is 0 Å². The summed E-state index contributed by atoms with van der Waals surface area (Å²) >= 11 is 0. The van der Waals surface area contributed by atoms with Gasteiger partial charge in [0.05, 0.1) is 25.9 Å². The average Bonchev–Trinajstić information content (AvgIpc) is 1.72. The molecule has 14 atom stereocenters. The fourth-order valence-electron chi connectivity index (χ4n) is 14.0. The van der Waals surface area contributed by atoms with Crippen molar-refractivity contribution >= 4 is 118 Å². The highest BCUT2D eigenvalue weighted by Gasteiger charge is 2.45. The molecule has 29 N–H and O–H groups in total. The molecule has 2 aliphatic rings. The highest BCUT2D eigenvalue weighted by molar-refractivity contribution is 6.02. The van der Waals surface area contributed by atoms with Crippen molar-refractivity contribution in [3.63, 3.8) is 0 Å². The molecule has 2 aliphatic heterocycles. The number of nitrogens with one attached hydrogen (secondary N) is 13. The zero-order chi connectivity index (χ0) is 98.1. The van der Waals surface area contributed by atoms with E-state index in [2.05, 4.69) is 63.8 Å². The van der Waals surface area contributed by atoms with Crippen molar-refractivity contribution in [1.82, 2.24) is 73.6 Å². The maximum Gasteiger partial charge on any atom is 0.490 e. The first-order chi connectivity index (χ1) is 61.6. The Bertz CT molecular complexity index is 4460. The van der Waals surface area contributed by atoms with Crippen molar-refractivity contribution in [1.29, 1.82) is 5.41 Å². The van der Waals surface area contributed by atoms with E-state index in [-0.39, 0.29) is 133 Å². The summed E-state index contributed by atoms with van der Waals surface area (Å²) in [6, 6.07) is -0.530. The lowest BCUT2D eigenvalue weighted by molar-refractivity contribution is -0.192. The van der Waals surface area contributed by atoms with Gasteiger partial charge in [0.15, 0.2) is 5.96 Å². The van der Waals surface area contributed by atoms with Crippen LogP contribution in [0.5, 0.6) is 5.75 Å². The highest BCUT2D eigenvalue weighted by Crippen LogP contribution is 2.24. The molecule has 0 bridgehead atoms. The van der Waals surface area contributed by atoms with Crippen molar-refractivity contribution in [2.75, 3.05) is 32.8 Å². The monoisotopic (exact) mass is 1850 g/mol. The largest absolute Gasteiger partial charge is 0.508 e. The molecule has 131 heavy (non-hydrogen) atoms. The van der Waals surface area contributed by atoms with Crippen molar-refractivity contribution in [3.8, 4) is 5.75 Å². The Hall–Kier alpha value is -13.7. The van der Waals surface area contributed by atoms with E-state index in [1.54, 1.807) is 88.4 Å². The van der Waals surface area contributed by atoms with E-state index in [1.807, 2.05) is 0 Å². The molecule has 0 spiro atoms. The van der Waals surface area contributed by atoms with E-state index >= 15 is 0 Å². The Kier molecular flexibility index (Phi) is 45.7. The van der Waals surface area contributed by atoms with Crippen molar-refractivity contribution in [2.24, 2.45) is 40.5 Å². The van der Waals surface area contributed by atoms with Crippen LogP contribution in [0.4, 0.5) is 13.2 Å². The number of aliphatic hydroxyl groups is 1. The number of aromatic hydroxyl groups is 1. The number of primary amides is 2. The second-order valence-corrected chi connectivity index (χ2v) is 32.1. The number of aliphatic carboxylic acids is 4. The molecule has 2 heterocycles. The van der Waals surface area contributed by atoms with Gasteiger partial charge in [0.25, 0.3) is 0 Å². The maximum atomic E-state index is 14.8. The number of aliphatic hydroxyl groups excluding tert-OH is 1. The van der Waals surface area contributed by atoms with Gasteiger partial charge in [-0.05, 0) is 124 Å². The molecule has 3 aromatic carbocycles. The zero-order valence-electron chi connectivity index (χ0n) is 72.6. The Morgan fingerprint density at radius 3 is 1.21 bits per heavy atom. The van der Waals surface area contributed by atoms with E-state index in [9.17, 15) is 125 Å². The highest BCUT2D eigenvalue weighted by atomic mass is 19.4. The molecule has 722 valence electrons. The van der Waals surface area contributed by atoms with Gasteiger partial charge < -0.3 is 133 Å². The third-order valence-electron chi connectivity index (χ3n) is 20.5. The van der Waals surface area contributed by atoms with Gasteiger partial charge in [0, 0.05) is 45.3 Å². The number of carbonyl (C=O) groups is 19. The number of carboxylic acids is 4. The molecule has 0 unspecified atom stereocenters. The first-order valence-corrected chi connectivity index (χ1v) is 42.1. The smallest absolute Gasteiger partial charge is 0.490 e. The standard InChI is InChI=1S/C81H118N20O23.C2HF3O2/c1-43(2)34-53(93-71(114)54(35-44(3)4)94-73(116)55(92-67(110)49(83)42-102)36-45-16-7-5-8-17-45)70(113)90-51(21-13-31-88-81(86)87)69(112)98-59(40-64(85)105)79(122)101-33-15-22-61(101)76(119)97-57(39-63(84)104)74(117)96-58(41-66(108)109)75(118)89-50(20-11-12-30-82)68(111)95-56(37-47-24-26-48(103)27-25-47)72(115)91-52(28-29-65(106)107)78(121)100-32-14-23-62(100)77(120)99-60(80(123)124)38-46-18-9-6-10-19-46;3-2(4,5)1(6)7/h5-10,16-19,24-27,43-44,49-62,102-103H,11-15,20-23,28-42,82-83H2,1-4H3,(H2,84,104)(H2,85,105)(H,89,118)(H,90,113)(H,91,115)(H,92,110)(H,93,114)(H,94,116)(H,95,111)(H,96,117)(H,97,119)(H,98,112)(H,99,120)(H,106,107)(H,108,109)(H,123,124)(H4,86,87,88);(H,6,7)/t49-,50-,51-,52-,53-,54-,55-,56-,57-,58-,59-,60-,61-,62-;/m0./s1. The predicted octanol–water partition coefficient (Wildman–Crippen LogP) is -4.65. The summed E-state index contributed by atoms with van der Waals surface area (Å²) in [6.45, 7) is 5.88. The summed E-state index contributed by atoms with van der Waals surface area (Å²) in [5, 5.41) is 94.4. The SMILES string of the molecule is CC(C)C[C@H](NC(=O)[C@H](CC(C)C)NC(=O)[C@H](Cc1ccccc1)NC(=O)[C@@H](N)CO)C(=O)N[C@@H](CCCNC(=N)N)C(=O)N[C@@H](CC(N)=O)C(=O)N1CCC[C@H]1C(=O)N[C@@H](CC(N)=O)C(=O)N[C@@H](CC(=O)O)C(=O)N[C@@H](CCCCN)C(=O)N[C@@H](Cc1ccc(O)cc1)C(=O)N[C@@H](CCC(=O)O)C(=O)N1CCC[C@H]1C(=O)N[C@@H](Cc1ccccc1)C(=O)O.O=C(O)C(F)(F)F. The number of carboxylic acid groups (broad SMARTS) is 4. The van der Waals surface area contributed by atoms with Crippen LogP contribution in [-0.4, -0.2) is 282 Å². The van der Waals surface area contributed by atoms with E-state index in [0.717, 1.165) is 9.80 Å². The van der Waals surface area contributed by atoms with Crippen molar-refractivity contribution < 1.29 is 135 Å². The first-order valence-electron chi connectivity index (χ1n) is 42.1. The summed E-state index contributed by atoms with van der Waals surface area (Å²) in [7, 11) is 0.